The van der Waals surface area contributed by atoms with Gasteiger partial charge in [-0.05, 0) is 24.1 Å². The molecule has 0 aliphatic heterocycles. The van der Waals surface area contributed by atoms with Crippen molar-refractivity contribution >= 4 is 22.9 Å². The lowest BCUT2D eigenvalue weighted by atomic mass is 9.87. The highest BCUT2D eigenvalue weighted by atomic mass is 35.5. The van der Waals surface area contributed by atoms with Crippen LogP contribution in [0, 0.1) is 0 Å². The SMILES string of the molecule is CCC(O)(Cc1ccc(Cl)s1)c1ccccc1. The fourth-order valence-corrected chi connectivity index (χ4v) is 3.11. The number of hydrogen-bond acceptors (Lipinski definition) is 2. The minimum atomic E-state index is -0.796. The molecule has 1 aromatic carbocycles. The Morgan fingerprint density at radius 3 is 2.41 bits per heavy atom. The summed E-state index contributed by atoms with van der Waals surface area (Å²) in [6.45, 7) is 2.00. The molecule has 1 aromatic heterocycles. The number of halogens is 1. The van der Waals surface area contributed by atoms with Crippen LogP contribution in [0.25, 0.3) is 0 Å². The fraction of sp³-hybridized carbons (Fsp3) is 0.286. The standard InChI is InChI=1S/C14H15ClOS/c1-2-14(16,11-6-4-3-5-7-11)10-12-8-9-13(15)17-12/h3-9,16H,2,10H2,1H3. The van der Waals surface area contributed by atoms with E-state index in [9.17, 15) is 5.11 Å². The summed E-state index contributed by atoms with van der Waals surface area (Å²) in [6.07, 6.45) is 1.30. The average molecular weight is 267 g/mol. The van der Waals surface area contributed by atoms with Crippen molar-refractivity contribution in [1.29, 1.82) is 0 Å². The van der Waals surface area contributed by atoms with Gasteiger partial charge in [-0.25, -0.2) is 0 Å². The van der Waals surface area contributed by atoms with Gasteiger partial charge >= 0.3 is 0 Å². The Balaban J connectivity index is 2.26. The van der Waals surface area contributed by atoms with E-state index in [1.807, 2.05) is 49.4 Å². The van der Waals surface area contributed by atoms with Gasteiger partial charge in [-0.2, -0.15) is 0 Å². The van der Waals surface area contributed by atoms with Gasteiger partial charge in [-0.15, -0.1) is 11.3 Å². The first-order valence-corrected chi connectivity index (χ1v) is 6.85. The second-order valence-corrected chi connectivity index (χ2v) is 5.93. The minimum absolute atomic E-state index is 0.616. The van der Waals surface area contributed by atoms with Gasteiger partial charge in [-0.1, -0.05) is 48.9 Å². The van der Waals surface area contributed by atoms with Crippen LogP contribution >= 0.6 is 22.9 Å². The van der Waals surface area contributed by atoms with Gasteiger partial charge in [-0.3, -0.25) is 0 Å². The summed E-state index contributed by atoms with van der Waals surface area (Å²) < 4.78 is 0.770. The van der Waals surface area contributed by atoms with Crippen LogP contribution in [0.3, 0.4) is 0 Å². The van der Waals surface area contributed by atoms with Crippen LogP contribution in [0.2, 0.25) is 4.34 Å². The zero-order valence-electron chi connectivity index (χ0n) is 9.69. The van der Waals surface area contributed by atoms with Gasteiger partial charge < -0.3 is 5.11 Å². The molecule has 0 radical (unpaired) electrons. The summed E-state index contributed by atoms with van der Waals surface area (Å²) in [5.74, 6) is 0. The zero-order chi connectivity index (χ0) is 12.3. The molecule has 0 aliphatic carbocycles. The van der Waals surface area contributed by atoms with E-state index in [1.165, 1.54) is 11.3 Å². The van der Waals surface area contributed by atoms with E-state index in [0.717, 1.165) is 14.8 Å². The Morgan fingerprint density at radius 2 is 1.88 bits per heavy atom. The maximum atomic E-state index is 10.7. The van der Waals surface area contributed by atoms with Crippen molar-refractivity contribution in [3.05, 3.63) is 57.2 Å². The predicted octanol–water partition coefficient (Wildman–Crippen LogP) is 4.24. The summed E-state index contributed by atoms with van der Waals surface area (Å²) in [5.41, 5.74) is 0.169. The van der Waals surface area contributed by atoms with Crippen molar-refractivity contribution < 1.29 is 5.11 Å². The summed E-state index contributed by atoms with van der Waals surface area (Å²) >= 11 is 7.45. The molecule has 3 heteroatoms. The third-order valence-corrected chi connectivity index (χ3v) is 4.22. The van der Waals surface area contributed by atoms with E-state index in [4.69, 9.17) is 11.6 Å². The second kappa shape index (κ2) is 5.21. The number of hydrogen-bond donors (Lipinski definition) is 1. The van der Waals surface area contributed by atoms with E-state index in [-0.39, 0.29) is 0 Å². The summed E-state index contributed by atoms with van der Waals surface area (Å²) in [7, 11) is 0. The van der Waals surface area contributed by atoms with E-state index >= 15 is 0 Å². The lowest BCUT2D eigenvalue weighted by Crippen LogP contribution is -2.27. The van der Waals surface area contributed by atoms with Crippen LogP contribution < -0.4 is 0 Å². The molecule has 0 amide bonds. The van der Waals surface area contributed by atoms with Crippen LogP contribution in [0.4, 0.5) is 0 Å². The highest BCUT2D eigenvalue weighted by molar-refractivity contribution is 7.16. The van der Waals surface area contributed by atoms with Crippen molar-refractivity contribution in [3.8, 4) is 0 Å². The Bertz CT molecular complexity index is 480. The van der Waals surface area contributed by atoms with E-state index < -0.39 is 5.60 Å². The number of aliphatic hydroxyl groups is 1. The average Bonchev–Trinajstić information content (AvgIpc) is 2.75. The van der Waals surface area contributed by atoms with Crippen LogP contribution in [0.15, 0.2) is 42.5 Å². The van der Waals surface area contributed by atoms with Gasteiger partial charge in [0.2, 0.25) is 0 Å². The van der Waals surface area contributed by atoms with Gasteiger partial charge in [0.05, 0.1) is 9.94 Å². The maximum absolute atomic E-state index is 10.7. The normalized spacial score (nSPS) is 14.5. The molecule has 0 spiro atoms. The molecule has 17 heavy (non-hydrogen) atoms. The maximum Gasteiger partial charge on any atom is 0.0941 e. The van der Waals surface area contributed by atoms with Gasteiger partial charge in [0.1, 0.15) is 0 Å². The molecule has 0 aliphatic rings. The molecule has 0 bridgehead atoms. The van der Waals surface area contributed by atoms with Crippen molar-refractivity contribution in [3.63, 3.8) is 0 Å². The molecule has 1 heterocycles. The molecule has 1 nitrogen and oxygen atoms in total. The molecule has 1 N–H and O–H groups in total. The summed E-state index contributed by atoms with van der Waals surface area (Å²) in [4.78, 5) is 1.11. The highest BCUT2D eigenvalue weighted by Gasteiger charge is 2.27. The quantitative estimate of drug-likeness (QED) is 0.878. The lowest BCUT2D eigenvalue weighted by molar-refractivity contribution is 0.0335. The van der Waals surface area contributed by atoms with Crippen LogP contribution in [0.1, 0.15) is 23.8 Å². The Labute approximate surface area is 111 Å². The molecule has 0 saturated carbocycles. The molecule has 0 saturated heterocycles. The molecule has 2 rings (SSSR count). The van der Waals surface area contributed by atoms with Crippen molar-refractivity contribution in [2.75, 3.05) is 0 Å². The Hall–Kier alpha value is -0.830. The van der Waals surface area contributed by atoms with E-state index in [0.29, 0.717) is 12.8 Å². The fourth-order valence-electron chi connectivity index (χ4n) is 1.91. The highest BCUT2D eigenvalue weighted by Crippen LogP contribution is 2.32. The summed E-state index contributed by atoms with van der Waals surface area (Å²) in [6, 6.07) is 13.7. The smallest absolute Gasteiger partial charge is 0.0941 e. The van der Waals surface area contributed by atoms with Crippen LogP contribution in [-0.2, 0) is 12.0 Å². The first-order chi connectivity index (χ1) is 8.14. The topological polar surface area (TPSA) is 20.2 Å². The van der Waals surface area contributed by atoms with Crippen LogP contribution in [0.5, 0.6) is 0 Å². The molecule has 1 unspecified atom stereocenters. The molecular formula is C14H15ClOS. The lowest BCUT2D eigenvalue weighted by Gasteiger charge is -2.26. The Morgan fingerprint density at radius 1 is 1.18 bits per heavy atom. The van der Waals surface area contributed by atoms with Crippen LogP contribution in [-0.4, -0.2) is 5.11 Å². The monoisotopic (exact) mass is 266 g/mol. The molecule has 0 fully saturated rings. The molecular weight excluding hydrogens is 252 g/mol. The van der Waals surface area contributed by atoms with Gasteiger partial charge in [0.15, 0.2) is 0 Å². The number of benzene rings is 1. The summed E-state index contributed by atoms with van der Waals surface area (Å²) in [5, 5.41) is 10.7. The van der Waals surface area contributed by atoms with E-state index in [1.54, 1.807) is 0 Å². The first kappa shape index (κ1) is 12.6. The second-order valence-electron chi connectivity index (χ2n) is 4.13. The van der Waals surface area contributed by atoms with Crippen molar-refractivity contribution in [1.82, 2.24) is 0 Å². The largest absolute Gasteiger partial charge is 0.385 e. The number of rotatable bonds is 4. The zero-order valence-corrected chi connectivity index (χ0v) is 11.3. The van der Waals surface area contributed by atoms with E-state index in [2.05, 4.69) is 0 Å². The first-order valence-electron chi connectivity index (χ1n) is 5.66. The number of thiophene rings is 1. The molecule has 2 aromatic rings. The third-order valence-electron chi connectivity index (χ3n) is 2.99. The predicted molar refractivity (Wildman–Crippen MR) is 73.7 cm³/mol. The van der Waals surface area contributed by atoms with Gasteiger partial charge in [0, 0.05) is 11.3 Å². The minimum Gasteiger partial charge on any atom is -0.385 e. The molecule has 1 atom stereocenters. The van der Waals surface area contributed by atoms with Crippen molar-refractivity contribution in [2.24, 2.45) is 0 Å². The Kier molecular flexibility index (Phi) is 3.87. The third kappa shape index (κ3) is 2.89. The van der Waals surface area contributed by atoms with Gasteiger partial charge in [0.25, 0.3) is 0 Å². The molecule has 90 valence electrons. The van der Waals surface area contributed by atoms with Crippen molar-refractivity contribution in [2.45, 2.75) is 25.4 Å².